The van der Waals surface area contributed by atoms with Crippen molar-refractivity contribution in [1.82, 2.24) is 4.68 Å². The number of ether oxygens (including phenoxy) is 1. The minimum absolute atomic E-state index is 0.712. The number of methoxy groups -OCH3 is 1. The van der Waals surface area contributed by atoms with Gasteiger partial charge in [-0.05, 0) is 36.4 Å². The number of benzene rings is 2. The predicted octanol–water partition coefficient (Wildman–Crippen LogP) is 4.50. The van der Waals surface area contributed by atoms with Crippen LogP contribution in [0.25, 0.3) is 22.5 Å². The zero-order valence-electron chi connectivity index (χ0n) is 13.2. The number of aromatic nitrogens is 2. The van der Waals surface area contributed by atoms with Gasteiger partial charge < -0.3 is 4.74 Å². The van der Waals surface area contributed by atoms with Crippen molar-refractivity contribution in [2.75, 3.05) is 7.11 Å². The lowest BCUT2D eigenvalue weighted by Gasteiger charge is -2.03. The summed E-state index contributed by atoms with van der Waals surface area (Å²) >= 11 is 12.0. The van der Waals surface area contributed by atoms with Gasteiger partial charge in [-0.1, -0.05) is 35.3 Å². The molecule has 1 aromatic heterocycles. The zero-order valence-corrected chi connectivity index (χ0v) is 14.7. The largest absolute Gasteiger partial charge is 0.489 e. The smallest absolute Gasteiger partial charge is 0.280 e. The third-order valence-corrected chi connectivity index (χ3v) is 4.47. The predicted molar refractivity (Wildman–Crippen MR) is 94.0 cm³/mol. The van der Waals surface area contributed by atoms with Crippen molar-refractivity contribution in [3.8, 4) is 28.3 Å². The lowest BCUT2D eigenvalue weighted by molar-refractivity contribution is -0.740. The van der Waals surface area contributed by atoms with E-state index in [4.69, 9.17) is 27.9 Å². The Balaban J connectivity index is 2.24. The van der Waals surface area contributed by atoms with E-state index < -0.39 is 0 Å². The Labute approximate surface area is 145 Å². The van der Waals surface area contributed by atoms with Crippen LogP contribution in [-0.2, 0) is 14.1 Å². The van der Waals surface area contributed by atoms with E-state index in [2.05, 4.69) is 9.36 Å². The molecule has 0 unspecified atom stereocenters. The van der Waals surface area contributed by atoms with Crippen LogP contribution >= 0.6 is 23.2 Å². The average molecular weight is 348 g/mol. The quantitative estimate of drug-likeness (QED) is 0.638. The van der Waals surface area contributed by atoms with Gasteiger partial charge in [0.05, 0.1) is 19.7 Å². The fourth-order valence-electron chi connectivity index (χ4n) is 2.75. The fraction of sp³-hybridized carbons (Fsp3) is 0.167. The van der Waals surface area contributed by atoms with Gasteiger partial charge in [-0.2, -0.15) is 4.68 Å². The average Bonchev–Trinajstić information content (AvgIpc) is 2.81. The number of nitrogens with zero attached hydrogens (tertiary/aromatic N) is 2. The molecule has 118 valence electrons. The molecule has 3 aromatic rings. The van der Waals surface area contributed by atoms with Crippen molar-refractivity contribution in [2.24, 2.45) is 14.1 Å². The van der Waals surface area contributed by atoms with Gasteiger partial charge >= 0.3 is 0 Å². The molecule has 0 spiro atoms. The van der Waals surface area contributed by atoms with Gasteiger partial charge in [0.25, 0.3) is 5.69 Å². The molecule has 0 aliphatic carbocycles. The van der Waals surface area contributed by atoms with E-state index in [0.717, 1.165) is 28.3 Å². The lowest BCUT2D eigenvalue weighted by atomic mass is 10.1. The highest BCUT2D eigenvalue weighted by Gasteiger charge is 2.29. The van der Waals surface area contributed by atoms with Crippen LogP contribution in [0.3, 0.4) is 0 Å². The molecule has 0 aliphatic heterocycles. The Bertz CT molecular complexity index is 768. The molecule has 0 saturated carbocycles. The van der Waals surface area contributed by atoms with Crippen LogP contribution in [0.5, 0.6) is 5.75 Å². The first-order valence-corrected chi connectivity index (χ1v) is 7.93. The molecule has 0 N–H and O–H groups in total. The van der Waals surface area contributed by atoms with E-state index in [1.165, 1.54) is 0 Å². The molecule has 23 heavy (non-hydrogen) atoms. The molecular weight excluding hydrogens is 331 g/mol. The highest BCUT2D eigenvalue weighted by molar-refractivity contribution is 6.30. The van der Waals surface area contributed by atoms with Crippen molar-refractivity contribution >= 4 is 23.2 Å². The molecule has 3 nitrogen and oxygen atoms in total. The third-order valence-electron chi connectivity index (χ3n) is 3.97. The van der Waals surface area contributed by atoms with Crippen molar-refractivity contribution in [3.63, 3.8) is 0 Å². The number of hydrogen-bond acceptors (Lipinski definition) is 1. The Morgan fingerprint density at radius 2 is 1.35 bits per heavy atom. The third kappa shape index (κ3) is 2.82. The Morgan fingerprint density at radius 3 is 1.83 bits per heavy atom. The molecule has 0 radical (unpaired) electrons. The molecule has 0 bridgehead atoms. The minimum atomic E-state index is 0.712. The van der Waals surface area contributed by atoms with Crippen molar-refractivity contribution in [1.29, 1.82) is 0 Å². The molecule has 0 atom stereocenters. The van der Waals surface area contributed by atoms with Crippen molar-refractivity contribution in [3.05, 3.63) is 58.6 Å². The van der Waals surface area contributed by atoms with Gasteiger partial charge in [-0.15, -0.1) is 4.68 Å². The van der Waals surface area contributed by atoms with E-state index in [-0.39, 0.29) is 0 Å². The van der Waals surface area contributed by atoms with Crippen molar-refractivity contribution < 1.29 is 9.42 Å². The molecular formula is C18H17Cl2N2O+. The van der Waals surface area contributed by atoms with Crippen LogP contribution in [0.4, 0.5) is 0 Å². The molecule has 0 aliphatic rings. The van der Waals surface area contributed by atoms with Gasteiger partial charge in [0.15, 0.2) is 12.7 Å². The van der Waals surface area contributed by atoms with Gasteiger partial charge in [-0.3, -0.25) is 0 Å². The molecule has 3 rings (SSSR count). The summed E-state index contributed by atoms with van der Waals surface area (Å²) in [5, 5.41) is 1.42. The first-order valence-electron chi connectivity index (χ1n) is 7.17. The van der Waals surface area contributed by atoms with E-state index >= 15 is 0 Å². The molecule has 1 heterocycles. The summed E-state index contributed by atoms with van der Waals surface area (Å²) in [7, 11) is 5.70. The van der Waals surface area contributed by atoms with Crippen LogP contribution < -0.4 is 9.42 Å². The second kappa shape index (κ2) is 6.26. The van der Waals surface area contributed by atoms with Crippen LogP contribution in [-0.4, -0.2) is 11.8 Å². The normalized spacial score (nSPS) is 10.8. The van der Waals surface area contributed by atoms with Crippen LogP contribution in [0, 0.1) is 0 Å². The molecule has 2 aromatic carbocycles. The monoisotopic (exact) mass is 347 g/mol. The summed E-state index contributed by atoms with van der Waals surface area (Å²) in [6.07, 6.45) is 0. The summed E-state index contributed by atoms with van der Waals surface area (Å²) in [4.78, 5) is 0. The number of hydrogen-bond donors (Lipinski definition) is 0. The molecule has 0 saturated heterocycles. The van der Waals surface area contributed by atoms with Crippen LogP contribution in [0.2, 0.25) is 10.0 Å². The summed E-state index contributed by atoms with van der Waals surface area (Å²) in [5.41, 5.74) is 4.09. The highest BCUT2D eigenvalue weighted by Crippen LogP contribution is 2.37. The molecule has 0 amide bonds. The maximum atomic E-state index is 6.00. The lowest BCUT2D eigenvalue weighted by Crippen LogP contribution is -2.39. The minimum Gasteiger partial charge on any atom is -0.489 e. The highest BCUT2D eigenvalue weighted by atomic mass is 35.5. The van der Waals surface area contributed by atoms with E-state index in [9.17, 15) is 0 Å². The van der Waals surface area contributed by atoms with Gasteiger partial charge in [0.2, 0.25) is 5.75 Å². The first kappa shape index (κ1) is 15.9. The van der Waals surface area contributed by atoms with Crippen LogP contribution in [0.1, 0.15) is 0 Å². The van der Waals surface area contributed by atoms with Crippen molar-refractivity contribution in [2.45, 2.75) is 0 Å². The zero-order chi connectivity index (χ0) is 16.6. The van der Waals surface area contributed by atoms with E-state index in [0.29, 0.717) is 10.0 Å². The summed E-state index contributed by atoms with van der Waals surface area (Å²) < 4.78 is 9.86. The maximum absolute atomic E-state index is 6.00. The Kier molecular flexibility index (Phi) is 4.33. The van der Waals surface area contributed by atoms with Crippen LogP contribution in [0.15, 0.2) is 48.5 Å². The fourth-order valence-corrected chi connectivity index (χ4v) is 3.00. The van der Waals surface area contributed by atoms with Gasteiger partial charge in [0.1, 0.15) is 0 Å². The summed E-state index contributed by atoms with van der Waals surface area (Å²) in [6.45, 7) is 0. The second-order valence-electron chi connectivity index (χ2n) is 5.29. The molecule has 5 heteroatoms. The molecule has 0 fully saturated rings. The van der Waals surface area contributed by atoms with Gasteiger partial charge in [0, 0.05) is 15.6 Å². The topological polar surface area (TPSA) is 18.0 Å². The Hall–Kier alpha value is -1.97. The number of halogens is 2. The number of rotatable bonds is 3. The SMILES string of the molecule is COc1c(-c2ccc(Cl)cc2)n(C)[n+](C)c1-c1ccc(Cl)cc1. The maximum Gasteiger partial charge on any atom is 0.280 e. The Morgan fingerprint density at radius 1 is 0.870 bits per heavy atom. The standard InChI is InChI=1S/C18H17Cl2N2O/c1-21-16(12-4-8-14(19)9-5-12)18(23-3)17(22(21)2)13-6-10-15(20)11-7-13/h4-11H,1-3H3/q+1. The van der Waals surface area contributed by atoms with Gasteiger partial charge in [-0.25, -0.2) is 0 Å². The van der Waals surface area contributed by atoms with E-state index in [1.54, 1.807) is 7.11 Å². The summed E-state index contributed by atoms with van der Waals surface area (Å²) in [5.74, 6) is 0.819. The van der Waals surface area contributed by atoms with E-state index in [1.807, 2.05) is 62.6 Å². The second-order valence-corrected chi connectivity index (χ2v) is 6.16. The first-order chi connectivity index (χ1) is 11.0. The summed E-state index contributed by atoms with van der Waals surface area (Å²) in [6, 6.07) is 15.5.